The predicted molar refractivity (Wildman–Crippen MR) is 131 cm³/mol. The Labute approximate surface area is 188 Å². The summed E-state index contributed by atoms with van der Waals surface area (Å²) in [5.41, 5.74) is 3.62. The summed E-state index contributed by atoms with van der Waals surface area (Å²) < 4.78 is 26.1. The van der Waals surface area contributed by atoms with E-state index in [1.54, 1.807) is 30.3 Å². The van der Waals surface area contributed by atoms with E-state index in [-0.39, 0.29) is 12.5 Å². The van der Waals surface area contributed by atoms with Gasteiger partial charge in [-0.05, 0) is 65.2 Å². The van der Waals surface area contributed by atoms with E-state index >= 15 is 0 Å². The van der Waals surface area contributed by atoms with Crippen LogP contribution in [0.4, 0.5) is 11.4 Å². The topological polar surface area (TPSA) is 66.5 Å². The molecule has 0 spiro atoms. The third kappa shape index (κ3) is 4.98. The molecule has 0 radical (unpaired) electrons. The van der Waals surface area contributed by atoms with Crippen molar-refractivity contribution in [2.24, 2.45) is 0 Å². The van der Waals surface area contributed by atoms with Crippen LogP contribution in [0.5, 0.6) is 0 Å². The van der Waals surface area contributed by atoms with Crippen LogP contribution in [0.25, 0.3) is 10.8 Å². The SMILES string of the molecule is Cc1cccc(N(Cc2ccc(C(=O)Nc3ccc4ccccc4c3)cc2)S(C)(=O)=O)c1. The minimum Gasteiger partial charge on any atom is -0.322 e. The standard InChI is InChI=1S/C26H24N2O3S/c1-19-6-5-9-25(16-19)28(32(2,30)31)18-20-10-12-22(13-11-20)26(29)27-24-15-14-21-7-3-4-8-23(21)17-24/h3-17H,18H2,1-2H3,(H,27,29). The maximum atomic E-state index is 12.7. The zero-order valence-electron chi connectivity index (χ0n) is 17.9. The van der Waals surface area contributed by atoms with Crippen molar-refractivity contribution in [3.63, 3.8) is 0 Å². The summed E-state index contributed by atoms with van der Waals surface area (Å²) in [4.78, 5) is 12.7. The van der Waals surface area contributed by atoms with Crippen LogP contribution in [0.15, 0.2) is 91.0 Å². The number of sulfonamides is 1. The lowest BCUT2D eigenvalue weighted by Gasteiger charge is -2.23. The van der Waals surface area contributed by atoms with Crippen LogP contribution in [0.2, 0.25) is 0 Å². The summed E-state index contributed by atoms with van der Waals surface area (Å²) in [5.74, 6) is -0.217. The van der Waals surface area contributed by atoms with Crippen molar-refractivity contribution in [2.75, 3.05) is 15.9 Å². The summed E-state index contributed by atoms with van der Waals surface area (Å²) in [5, 5.41) is 5.09. The molecule has 1 amide bonds. The smallest absolute Gasteiger partial charge is 0.255 e. The average Bonchev–Trinajstić information content (AvgIpc) is 2.77. The van der Waals surface area contributed by atoms with E-state index in [1.165, 1.54) is 10.6 Å². The number of fused-ring (bicyclic) bond motifs is 1. The van der Waals surface area contributed by atoms with Crippen LogP contribution in [0.3, 0.4) is 0 Å². The molecular formula is C26H24N2O3S. The molecule has 5 nitrogen and oxygen atoms in total. The number of nitrogens with one attached hydrogen (secondary N) is 1. The Hall–Kier alpha value is -3.64. The van der Waals surface area contributed by atoms with E-state index < -0.39 is 10.0 Å². The monoisotopic (exact) mass is 444 g/mol. The average molecular weight is 445 g/mol. The molecular weight excluding hydrogens is 420 g/mol. The number of benzene rings is 4. The molecule has 6 heteroatoms. The van der Waals surface area contributed by atoms with Gasteiger partial charge in [0.15, 0.2) is 0 Å². The molecule has 0 unspecified atom stereocenters. The highest BCUT2D eigenvalue weighted by Gasteiger charge is 2.18. The highest BCUT2D eigenvalue weighted by molar-refractivity contribution is 7.92. The van der Waals surface area contributed by atoms with Gasteiger partial charge in [0.25, 0.3) is 5.91 Å². The molecule has 4 rings (SSSR count). The van der Waals surface area contributed by atoms with E-state index in [9.17, 15) is 13.2 Å². The van der Waals surface area contributed by atoms with Crippen molar-refractivity contribution in [1.29, 1.82) is 0 Å². The molecule has 0 aromatic heterocycles. The normalized spacial score (nSPS) is 11.3. The number of carbonyl (C=O) groups excluding carboxylic acids is 1. The fourth-order valence-corrected chi connectivity index (χ4v) is 4.46. The third-order valence-corrected chi connectivity index (χ3v) is 6.38. The number of aryl methyl sites for hydroxylation is 1. The zero-order chi connectivity index (χ0) is 22.7. The van der Waals surface area contributed by atoms with Gasteiger partial charge in [-0.25, -0.2) is 8.42 Å². The van der Waals surface area contributed by atoms with Gasteiger partial charge < -0.3 is 5.32 Å². The van der Waals surface area contributed by atoms with Crippen LogP contribution >= 0.6 is 0 Å². The first-order valence-electron chi connectivity index (χ1n) is 10.2. The number of amides is 1. The molecule has 32 heavy (non-hydrogen) atoms. The molecule has 162 valence electrons. The molecule has 0 aliphatic rings. The first-order chi connectivity index (χ1) is 15.3. The molecule has 4 aromatic carbocycles. The second-order valence-electron chi connectivity index (χ2n) is 7.82. The summed E-state index contributed by atoms with van der Waals surface area (Å²) in [7, 11) is -3.46. The summed E-state index contributed by atoms with van der Waals surface area (Å²) >= 11 is 0. The Morgan fingerprint density at radius 1 is 0.844 bits per heavy atom. The number of hydrogen-bond donors (Lipinski definition) is 1. The number of rotatable bonds is 6. The van der Waals surface area contributed by atoms with Crippen molar-refractivity contribution < 1.29 is 13.2 Å². The molecule has 4 aromatic rings. The fraction of sp³-hybridized carbons (Fsp3) is 0.115. The second-order valence-corrected chi connectivity index (χ2v) is 9.73. The first kappa shape index (κ1) is 21.6. The van der Waals surface area contributed by atoms with Gasteiger partial charge in [-0.3, -0.25) is 9.10 Å². The van der Waals surface area contributed by atoms with Gasteiger partial charge in [-0.15, -0.1) is 0 Å². The molecule has 0 saturated carbocycles. The predicted octanol–water partition coefficient (Wildman–Crippen LogP) is 5.37. The molecule has 0 aliphatic heterocycles. The lowest BCUT2D eigenvalue weighted by molar-refractivity contribution is 0.102. The Morgan fingerprint density at radius 3 is 2.25 bits per heavy atom. The van der Waals surface area contributed by atoms with Crippen LogP contribution in [-0.4, -0.2) is 20.6 Å². The molecule has 0 heterocycles. The minimum atomic E-state index is -3.46. The fourth-order valence-electron chi connectivity index (χ4n) is 3.58. The number of hydrogen-bond acceptors (Lipinski definition) is 3. The van der Waals surface area contributed by atoms with E-state index in [0.29, 0.717) is 11.3 Å². The summed E-state index contributed by atoms with van der Waals surface area (Å²) in [6, 6.07) is 28.1. The molecule has 0 aliphatic carbocycles. The number of anilines is 2. The highest BCUT2D eigenvalue weighted by Crippen LogP contribution is 2.23. The van der Waals surface area contributed by atoms with Gasteiger partial charge in [0, 0.05) is 11.3 Å². The van der Waals surface area contributed by atoms with Crippen LogP contribution in [-0.2, 0) is 16.6 Å². The molecule has 1 N–H and O–H groups in total. The van der Waals surface area contributed by atoms with Gasteiger partial charge in [0.2, 0.25) is 10.0 Å². The van der Waals surface area contributed by atoms with Crippen LogP contribution < -0.4 is 9.62 Å². The Morgan fingerprint density at radius 2 is 1.56 bits per heavy atom. The van der Waals surface area contributed by atoms with Gasteiger partial charge in [-0.2, -0.15) is 0 Å². The zero-order valence-corrected chi connectivity index (χ0v) is 18.8. The van der Waals surface area contributed by atoms with Crippen molar-refractivity contribution in [3.8, 4) is 0 Å². The summed E-state index contributed by atoms with van der Waals surface area (Å²) in [6.07, 6.45) is 1.20. The molecule has 0 saturated heterocycles. The Bertz CT molecular complexity index is 1380. The lowest BCUT2D eigenvalue weighted by Crippen LogP contribution is -2.29. The molecule has 0 fully saturated rings. The van der Waals surface area contributed by atoms with E-state index in [4.69, 9.17) is 0 Å². The number of nitrogens with zero attached hydrogens (tertiary/aromatic N) is 1. The van der Waals surface area contributed by atoms with Gasteiger partial charge in [0.1, 0.15) is 0 Å². The van der Waals surface area contributed by atoms with Crippen molar-refractivity contribution in [3.05, 3.63) is 108 Å². The van der Waals surface area contributed by atoms with Gasteiger partial charge in [-0.1, -0.05) is 54.6 Å². The van der Waals surface area contributed by atoms with Crippen molar-refractivity contribution >= 4 is 38.1 Å². The first-order valence-corrected chi connectivity index (χ1v) is 12.1. The van der Waals surface area contributed by atoms with Crippen LogP contribution in [0, 0.1) is 6.92 Å². The van der Waals surface area contributed by atoms with E-state index in [2.05, 4.69) is 5.32 Å². The van der Waals surface area contributed by atoms with E-state index in [1.807, 2.05) is 67.6 Å². The maximum absolute atomic E-state index is 12.7. The lowest BCUT2D eigenvalue weighted by atomic mass is 10.1. The molecule has 0 bridgehead atoms. The van der Waals surface area contributed by atoms with E-state index in [0.717, 1.165) is 27.6 Å². The van der Waals surface area contributed by atoms with Crippen molar-refractivity contribution in [2.45, 2.75) is 13.5 Å². The highest BCUT2D eigenvalue weighted by atomic mass is 32.2. The summed E-state index contributed by atoms with van der Waals surface area (Å²) in [6.45, 7) is 2.11. The maximum Gasteiger partial charge on any atom is 0.255 e. The minimum absolute atomic E-state index is 0.189. The third-order valence-electron chi connectivity index (χ3n) is 5.24. The second kappa shape index (κ2) is 8.85. The van der Waals surface area contributed by atoms with Gasteiger partial charge in [0.05, 0.1) is 18.5 Å². The Balaban J connectivity index is 1.50. The largest absolute Gasteiger partial charge is 0.322 e. The Kier molecular flexibility index (Phi) is 5.97. The molecule has 0 atom stereocenters. The van der Waals surface area contributed by atoms with Gasteiger partial charge >= 0.3 is 0 Å². The van der Waals surface area contributed by atoms with Crippen molar-refractivity contribution in [1.82, 2.24) is 0 Å². The van der Waals surface area contributed by atoms with Crippen LogP contribution in [0.1, 0.15) is 21.5 Å². The quantitative estimate of drug-likeness (QED) is 0.435. The number of carbonyl (C=O) groups is 1.